The summed E-state index contributed by atoms with van der Waals surface area (Å²) in [6, 6.07) is 2.79. The fraction of sp³-hybridized carbons (Fsp3) is 0.800. The molecule has 2 fully saturated rings. The van der Waals surface area contributed by atoms with Crippen LogP contribution in [0.3, 0.4) is 0 Å². The summed E-state index contributed by atoms with van der Waals surface area (Å²) in [7, 11) is 2.00. The van der Waals surface area contributed by atoms with Gasteiger partial charge in [0.2, 0.25) is 0 Å². The maximum absolute atomic E-state index is 4.54. The molecule has 1 aromatic heterocycles. The zero-order chi connectivity index (χ0) is 13.3. The van der Waals surface area contributed by atoms with Gasteiger partial charge in [-0.05, 0) is 38.8 Å². The van der Waals surface area contributed by atoms with E-state index in [0.29, 0.717) is 11.6 Å². The maximum Gasteiger partial charge on any atom is 0.0764 e. The summed E-state index contributed by atoms with van der Waals surface area (Å²) in [5, 5.41) is 8.38. The minimum Gasteiger partial charge on any atom is -0.310 e. The van der Waals surface area contributed by atoms with E-state index in [1.54, 1.807) is 0 Å². The van der Waals surface area contributed by atoms with Crippen LogP contribution in [0, 0.1) is 0 Å². The normalized spacial score (nSPS) is 27.8. The molecule has 106 valence electrons. The SMILES string of the molecule is CC1CCNC2(CCCC2)CN1Cc1ccn(C)n1. The number of hydrogen-bond acceptors (Lipinski definition) is 3. The average Bonchev–Trinajstić information content (AvgIpc) is 2.95. The van der Waals surface area contributed by atoms with Crippen LogP contribution in [-0.2, 0) is 13.6 Å². The molecule has 0 bridgehead atoms. The monoisotopic (exact) mass is 262 g/mol. The summed E-state index contributed by atoms with van der Waals surface area (Å²) in [5.41, 5.74) is 1.59. The van der Waals surface area contributed by atoms with Crippen molar-refractivity contribution in [2.75, 3.05) is 13.1 Å². The van der Waals surface area contributed by atoms with E-state index in [1.165, 1.54) is 50.9 Å². The van der Waals surface area contributed by atoms with E-state index in [2.05, 4.69) is 28.3 Å². The molecule has 1 aliphatic carbocycles. The summed E-state index contributed by atoms with van der Waals surface area (Å²) in [6.45, 7) is 5.70. The lowest BCUT2D eigenvalue weighted by molar-refractivity contribution is 0.158. The molecule has 1 N–H and O–H groups in total. The van der Waals surface area contributed by atoms with Gasteiger partial charge in [-0.2, -0.15) is 5.10 Å². The van der Waals surface area contributed by atoms with Gasteiger partial charge in [0.25, 0.3) is 0 Å². The van der Waals surface area contributed by atoms with Crippen molar-refractivity contribution in [1.82, 2.24) is 20.0 Å². The Hall–Kier alpha value is -0.870. The first-order chi connectivity index (χ1) is 9.17. The van der Waals surface area contributed by atoms with Crippen molar-refractivity contribution >= 4 is 0 Å². The predicted octanol–water partition coefficient (Wildman–Crippen LogP) is 1.92. The van der Waals surface area contributed by atoms with Crippen molar-refractivity contribution in [2.45, 2.75) is 57.2 Å². The lowest BCUT2D eigenvalue weighted by Crippen LogP contribution is -2.50. The van der Waals surface area contributed by atoms with Crippen LogP contribution in [0.5, 0.6) is 0 Å². The number of aromatic nitrogens is 2. The van der Waals surface area contributed by atoms with Crippen LogP contribution in [0.1, 0.15) is 44.7 Å². The fourth-order valence-corrected chi connectivity index (χ4v) is 3.68. The van der Waals surface area contributed by atoms with Crippen molar-refractivity contribution < 1.29 is 0 Å². The molecule has 2 heterocycles. The van der Waals surface area contributed by atoms with E-state index < -0.39 is 0 Å². The molecule has 0 amide bonds. The second-order valence-corrected chi connectivity index (χ2v) is 6.44. The van der Waals surface area contributed by atoms with Gasteiger partial charge in [-0.1, -0.05) is 12.8 Å². The third-order valence-electron chi connectivity index (χ3n) is 4.89. The molecule has 1 aromatic rings. The third kappa shape index (κ3) is 2.84. The lowest BCUT2D eigenvalue weighted by atomic mass is 9.97. The van der Waals surface area contributed by atoms with Crippen molar-refractivity contribution in [3.05, 3.63) is 18.0 Å². The van der Waals surface area contributed by atoms with E-state index in [1.807, 2.05) is 17.9 Å². The first kappa shape index (κ1) is 13.1. The van der Waals surface area contributed by atoms with Crippen molar-refractivity contribution in [1.29, 1.82) is 0 Å². The Labute approximate surface area is 116 Å². The second-order valence-electron chi connectivity index (χ2n) is 6.44. The molecular formula is C15H26N4. The zero-order valence-electron chi connectivity index (χ0n) is 12.2. The molecule has 4 nitrogen and oxygen atoms in total. The molecule has 1 saturated heterocycles. The van der Waals surface area contributed by atoms with Crippen LogP contribution < -0.4 is 5.32 Å². The summed E-state index contributed by atoms with van der Waals surface area (Å²) in [5.74, 6) is 0. The van der Waals surface area contributed by atoms with E-state index in [4.69, 9.17) is 0 Å². The standard InChI is InChI=1S/C15H26N4/c1-13-5-9-16-15(7-3-4-8-15)12-19(13)11-14-6-10-18(2)17-14/h6,10,13,16H,3-5,7-9,11-12H2,1-2H3. The smallest absolute Gasteiger partial charge is 0.0764 e. The second kappa shape index (κ2) is 5.25. The Morgan fingerprint density at radius 1 is 1.42 bits per heavy atom. The molecule has 3 rings (SSSR count). The van der Waals surface area contributed by atoms with E-state index >= 15 is 0 Å². The van der Waals surface area contributed by atoms with E-state index in [-0.39, 0.29) is 0 Å². The molecule has 0 radical (unpaired) electrons. The van der Waals surface area contributed by atoms with Gasteiger partial charge in [-0.25, -0.2) is 0 Å². The van der Waals surface area contributed by atoms with E-state index in [0.717, 1.165) is 6.54 Å². The van der Waals surface area contributed by atoms with Crippen LogP contribution in [0.15, 0.2) is 12.3 Å². The number of rotatable bonds is 2. The van der Waals surface area contributed by atoms with Gasteiger partial charge in [-0.3, -0.25) is 9.58 Å². The van der Waals surface area contributed by atoms with Crippen LogP contribution in [0.4, 0.5) is 0 Å². The maximum atomic E-state index is 4.54. The molecule has 1 aliphatic heterocycles. The molecule has 2 aliphatic rings. The van der Waals surface area contributed by atoms with Crippen molar-refractivity contribution in [3.63, 3.8) is 0 Å². The average molecular weight is 262 g/mol. The van der Waals surface area contributed by atoms with Crippen molar-refractivity contribution in [2.24, 2.45) is 7.05 Å². The summed E-state index contributed by atoms with van der Waals surface area (Å²) in [6.07, 6.45) is 8.75. The molecule has 1 unspecified atom stereocenters. The molecule has 1 atom stereocenters. The van der Waals surface area contributed by atoms with Gasteiger partial charge in [0.1, 0.15) is 0 Å². The minimum absolute atomic E-state index is 0.388. The fourth-order valence-electron chi connectivity index (χ4n) is 3.68. The summed E-state index contributed by atoms with van der Waals surface area (Å²) < 4.78 is 1.90. The molecule has 0 aromatic carbocycles. The van der Waals surface area contributed by atoms with Gasteiger partial charge >= 0.3 is 0 Å². The zero-order valence-corrected chi connectivity index (χ0v) is 12.2. The molecule has 1 saturated carbocycles. The first-order valence-electron chi connectivity index (χ1n) is 7.65. The molecule has 19 heavy (non-hydrogen) atoms. The third-order valence-corrected chi connectivity index (χ3v) is 4.89. The van der Waals surface area contributed by atoms with Crippen LogP contribution in [0.2, 0.25) is 0 Å². The Morgan fingerprint density at radius 2 is 2.21 bits per heavy atom. The quantitative estimate of drug-likeness (QED) is 0.884. The minimum atomic E-state index is 0.388. The van der Waals surface area contributed by atoms with Gasteiger partial charge < -0.3 is 5.32 Å². The molecule has 4 heteroatoms. The molecular weight excluding hydrogens is 236 g/mol. The lowest BCUT2D eigenvalue weighted by Gasteiger charge is -2.35. The largest absolute Gasteiger partial charge is 0.310 e. The van der Waals surface area contributed by atoms with Gasteiger partial charge in [0.05, 0.1) is 5.69 Å². The number of nitrogens with zero attached hydrogens (tertiary/aromatic N) is 3. The Balaban J connectivity index is 1.73. The Morgan fingerprint density at radius 3 is 2.89 bits per heavy atom. The highest BCUT2D eigenvalue weighted by atomic mass is 15.3. The summed E-state index contributed by atoms with van der Waals surface area (Å²) >= 11 is 0. The molecule has 1 spiro atoms. The van der Waals surface area contributed by atoms with Crippen LogP contribution in [0.25, 0.3) is 0 Å². The number of hydrogen-bond donors (Lipinski definition) is 1. The summed E-state index contributed by atoms with van der Waals surface area (Å²) in [4.78, 5) is 2.63. The number of aryl methyl sites for hydroxylation is 1. The predicted molar refractivity (Wildman–Crippen MR) is 76.9 cm³/mol. The van der Waals surface area contributed by atoms with Gasteiger partial charge in [-0.15, -0.1) is 0 Å². The number of nitrogens with one attached hydrogen (secondary N) is 1. The Kier molecular flexibility index (Phi) is 3.63. The highest BCUT2D eigenvalue weighted by Gasteiger charge is 2.38. The van der Waals surface area contributed by atoms with Crippen LogP contribution >= 0.6 is 0 Å². The van der Waals surface area contributed by atoms with Gasteiger partial charge in [0.15, 0.2) is 0 Å². The van der Waals surface area contributed by atoms with Crippen molar-refractivity contribution in [3.8, 4) is 0 Å². The van der Waals surface area contributed by atoms with Crippen LogP contribution in [-0.4, -0.2) is 39.4 Å². The highest BCUT2D eigenvalue weighted by molar-refractivity contribution is 5.03. The Bertz CT molecular complexity index is 420. The highest BCUT2D eigenvalue weighted by Crippen LogP contribution is 2.33. The van der Waals surface area contributed by atoms with E-state index in [9.17, 15) is 0 Å². The van der Waals surface area contributed by atoms with Gasteiger partial charge in [0, 0.05) is 37.9 Å². The first-order valence-corrected chi connectivity index (χ1v) is 7.65. The topological polar surface area (TPSA) is 33.1 Å².